The molecule has 0 atom stereocenters. The second-order valence-electron chi connectivity index (χ2n) is 5.24. The van der Waals surface area contributed by atoms with Gasteiger partial charge in [0.2, 0.25) is 0 Å². The van der Waals surface area contributed by atoms with E-state index in [1.54, 1.807) is 0 Å². The SMILES string of the molecule is CNC1COC(C)(c2ccc(OC(C)C)cc2)OC1. The van der Waals surface area contributed by atoms with Gasteiger partial charge in [-0.3, -0.25) is 0 Å². The number of nitrogens with one attached hydrogen (secondary N) is 1. The Kier molecular flexibility index (Phi) is 4.45. The molecule has 0 unspecified atom stereocenters. The molecule has 0 aromatic heterocycles. The number of hydrogen-bond acceptors (Lipinski definition) is 4. The van der Waals surface area contributed by atoms with Gasteiger partial charge < -0.3 is 19.5 Å². The Hall–Kier alpha value is -1.10. The number of benzene rings is 1. The first-order valence-electron chi connectivity index (χ1n) is 6.76. The van der Waals surface area contributed by atoms with Gasteiger partial charge in [-0.1, -0.05) is 0 Å². The first kappa shape index (κ1) is 14.3. The van der Waals surface area contributed by atoms with Crippen molar-refractivity contribution in [1.29, 1.82) is 0 Å². The third-order valence-corrected chi connectivity index (χ3v) is 3.28. The van der Waals surface area contributed by atoms with Crippen LogP contribution in [0.4, 0.5) is 0 Å². The second-order valence-corrected chi connectivity index (χ2v) is 5.24. The lowest BCUT2D eigenvalue weighted by atomic mass is 10.1. The Morgan fingerprint density at radius 1 is 1.21 bits per heavy atom. The molecule has 106 valence electrons. The summed E-state index contributed by atoms with van der Waals surface area (Å²) in [6.07, 6.45) is 0.181. The van der Waals surface area contributed by atoms with E-state index in [1.165, 1.54) is 0 Å². The van der Waals surface area contributed by atoms with Crippen LogP contribution in [0.1, 0.15) is 26.3 Å². The van der Waals surface area contributed by atoms with Gasteiger partial charge in [0.05, 0.1) is 25.4 Å². The van der Waals surface area contributed by atoms with E-state index in [9.17, 15) is 0 Å². The summed E-state index contributed by atoms with van der Waals surface area (Å²) in [5, 5.41) is 3.15. The Morgan fingerprint density at radius 2 is 1.79 bits per heavy atom. The zero-order valence-electron chi connectivity index (χ0n) is 12.1. The molecule has 2 rings (SSSR count). The van der Waals surface area contributed by atoms with Gasteiger partial charge in [-0.05, 0) is 52.1 Å². The zero-order chi connectivity index (χ0) is 13.9. The summed E-state index contributed by atoms with van der Waals surface area (Å²) in [6.45, 7) is 7.28. The molecule has 0 aliphatic carbocycles. The van der Waals surface area contributed by atoms with Gasteiger partial charge in [0, 0.05) is 5.56 Å². The molecule has 0 spiro atoms. The minimum atomic E-state index is -0.663. The van der Waals surface area contributed by atoms with Gasteiger partial charge in [0.15, 0.2) is 5.79 Å². The van der Waals surface area contributed by atoms with E-state index in [-0.39, 0.29) is 12.1 Å². The van der Waals surface area contributed by atoms with E-state index in [1.807, 2.05) is 52.1 Å². The summed E-state index contributed by atoms with van der Waals surface area (Å²) in [5.41, 5.74) is 1.01. The van der Waals surface area contributed by atoms with Crippen LogP contribution >= 0.6 is 0 Å². The fraction of sp³-hybridized carbons (Fsp3) is 0.600. The highest BCUT2D eigenvalue weighted by Gasteiger charge is 2.34. The van der Waals surface area contributed by atoms with Crippen LogP contribution in [0, 0.1) is 0 Å². The lowest BCUT2D eigenvalue weighted by Gasteiger charge is -2.37. The lowest BCUT2D eigenvalue weighted by Crippen LogP contribution is -2.47. The van der Waals surface area contributed by atoms with Gasteiger partial charge in [-0.2, -0.15) is 0 Å². The summed E-state index contributed by atoms with van der Waals surface area (Å²) in [4.78, 5) is 0. The van der Waals surface area contributed by atoms with E-state index >= 15 is 0 Å². The molecule has 4 heteroatoms. The van der Waals surface area contributed by atoms with Crippen molar-refractivity contribution in [3.8, 4) is 5.75 Å². The normalized spacial score (nSPS) is 27.5. The molecule has 1 fully saturated rings. The minimum absolute atomic E-state index is 0.181. The van der Waals surface area contributed by atoms with Crippen molar-refractivity contribution in [3.63, 3.8) is 0 Å². The summed E-state index contributed by atoms with van der Waals surface area (Å²) in [5.74, 6) is 0.204. The molecule has 0 saturated carbocycles. The van der Waals surface area contributed by atoms with Crippen molar-refractivity contribution in [1.82, 2.24) is 5.32 Å². The highest BCUT2D eigenvalue weighted by atomic mass is 16.7. The highest BCUT2D eigenvalue weighted by Crippen LogP contribution is 2.31. The molecule has 0 radical (unpaired) electrons. The predicted molar refractivity (Wildman–Crippen MR) is 74.3 cm³/mol. The standard InChI is InChI=1S/C15H23NO3/c1-11(2)19-14-7-5-12(6-8-14)15(3)17-9-13(16-4)10-18-15/h5-8,11,13,16H,9-10H2,1-4H3. The zero-order valence-corrected chi connectivity index (χ0v) is 12.1. The van der Waals surface area contributed by atoms with E-state index < -0.39 is 5.79 Å². The summed E-state index contributed by atoms with van der Waals surface area (Å²) >= 11 is 0. The van der Waals surface area contributed by atoms with Crippen molar-refractivity contribution in [2.24, 2.45) is 0 Å². The quantitative estimate of drug-likeness (QED) is 0.906. The van der Waals surface area contributed by atoms with E-state index in [0.717, 1.165) is 11.3 Å². The molecule has 1 saturated heterocycles. The molecular weight excluding hydrogens is 242 g/mol. The average molecular weight is 265 g/mol. The van der Waals surface area contributed by atoms with Gasteiger partial charge >= 0.3 is 0 Å². The summed E-state index contributed by atoms with van der Waals surface area (Å²) in [7, 11) is 1.91. The van der Waals surface area contributed by atoms with Crippen LogP contribution in [0.25, 0.3) is 0 Å². The Labute approximate surface area is 115 Å². The molecule has 1 N–H and O–H groups in total. The largest absolute Gasteiger partial charge is 0.491 e. The third kappa shape index (κ3) is 3.47. The van der Waals surface area contributed by atoms with E-state index in [0.29, 0.717) is 13.2 Å². The molecule has 1 aliphatic heterocycles. The minimum Gasteiger partial charge on any atom is -0.491 e. The molecular formula is C15H23NO3. The number of hydrogen-bond donors (Lipinski definition) is 1. The van der Waals surface area contributed by atoms with Gasteiger partial charge in [0.1, 0.15) is 5.75 Å². The molecule has 19 heavy (non-hydrogen) atoms. The topological polar surface area (TPSA) is 39.7 Å². The molecule has 4 nitrogen and oxygen atoms in total. The van der Waals surface area contributed by atoms with Gasteiger partial charge in [0.25, 0.3) is 0 Å². The molecule has 1 aromatic carbocycles. The van der Waals surface area contributed by atoms with E-state index in [4.69, 9.17) is 14.2 Å². The summed E-state index contributed by atoms with van der Waals surface area (Å²) in [6, 6.07) is 8.17. The maximum Gasteiger partial charge on any atom is 0.192 e. The molecule has 0 bridgehead atoms. The van der Waals surface area contributed by atoms with Crippen molar-refractivity contribution in [2.45, 2.75) is 38.7 Å². The van der Waals surface area contributed by atoms with Crippen LogP contribution in [0.5, 0.6) is 5.75 Å². The Balaban J connectivity index is 2.05. The monoisotopic (exact) mass is 265 g/mol. The Bertz CT molecular complexity index is 394. The third-order valence-electron chi connectivity index (χ3n) is 3.28. The fourth-order valence-electron chi connectivity index (χ4n) is 2.05. The summed E-state index contributed by atoms with van der Waals surface area (Å²) < 4.78 is 17.3. The van der Waals surface area contributed by atoms with Gasteiger partial charge in [-0.15, -0.1) is 0 Å². The number of likely N-dealkylation sites (N-methyl/N-ethyl adjacent to an activating group) is 1. The van der Waals surface area contributed by atoms with Crippen LogP contribution in [-0.4, -0.2) is 32.4 Å². The molecule has 0 amide bonds. The smallest absolute Gasteiger partial charge is 0.192 e. The van der Waals surface area contributed by atoms with Crippen LogP contribution in [0.15, 0.2) is 24.3 Å². The van der Waals surface area contributed by atoms with E-state index in [2.05, 4.69) is 5.32 Å². The molecule has 1 aromatic rings. The van der Waals surface area contributed by atoms with Crippen molar-refractivity contribution < 1.29 is 14.2 Å². The average Bonchev–Trinajstić information content (AvgIpc) is 2.40. The molecule has 1 aliphatic rings. The van der Waals surface area contributed by atoms with Crippen molar-refractivity contribution in [2.75, 3.05) is 20.3 Å². The fourth-order valence-corrected chi connectivity index (χ4v) is 2.05. The van der Waals surface area contributed by atoms with Crippen LogP contribution in [0.2, 0.25) is 0 Å². The predicted octanol–water partition coefficient (Wildman–Crippen LogP) is 2.28. The second kappa shape index (κ2) is 5.90. The maximum absolute atomic E-state index is 5.85. The van der Waals surface area contributed by atoms with Crippen LogP contribution in [-0.2, 0) is 15.3 Å². The van der Waals surface area contributed by atoms with Crippen molar-refractivity contribution in [3.05, 3.63) is 29.8 Å². The first-order chi connectivity index (χ1) is 9.03. The van der Waals surface area contributed by atoms with Crippen molar-refractivity contribution >= 4 is 0 Å². The maximum atomic E-state index is 5.85. The van der Waals surface area contributed by atoms with Gasteiger partial charge in [-0.25, -0.2) is 0 Å². The molecule has 1 heterocycles. The van der Waals surface area contributed by atoms with Crippen LogP contribution < -0.4 is 10.1 Å². The first-order valence-corrected chi connectivity index (χ1v) is 6.76. The lowest BCUT2D eigenvalue weighted by molar-refractivity contribution is -0.272. The Morgan fingerprint density at radius 3 is 2.26 bits per heavy atom. The highest BCUT2D eigenvalue weighted by molar-refractivity contribution is 5.30. The number of ether oxygens (including phenoxy) is 3. The number of rotatable bonds is 4. The van der Waals surface area contributed by atoms with Crippen LogP contribution in [0.3, 0.4) is 0 Å².